The average Bonchev–Trinajstić information content (AvgIpc) is 2.72. The van der Waals surface area contributed by atoms with E-state index in [4.69, 9.17) is 0 Å². The first-order chi connectivity index (χ1) is 14.3. The predicted molar refractivity (Wildman–Crippen MR) is 123 cm³/mol. The molecule has 0 saturated carbocycles. The maximum Gasteiger partial charge on any atom is 0.242 e. The van der Waals surface area contributed by atoms with E-state index in [0.29, 0.717) is 25.9 Å². The maximum atomic E-state index is 13.4. The molecular weight excluding hydrogens is 372 g/mol. The molecule has 0 spiro atoms. The van der Waals surface area contributed by atoms with Crippen LogP contribution in [-0.4, -0.2) is 29.3 Å². The number of rotatable bonds is 10. The Hall–Kier alpha value is -2.62. The van der Waals surface area contributed by atoms with Gasteiger partial charge in [0, 0.05) is 13.1 Å². The first-order valence-electron chi connectivity index (χ1n) is 11.0. The van der Waals surface area contributed by atoms with Gasteiger partial charge in [0.25, 0.3) is 0 Å². The zero-order valence-electron chi connectivity index (χ0n) is 19.1. The molecule has 2 aromatic carbocycles. The van der Waals surface area contributed by atoms with Crippen molar-refractivity contribution in [3.63, 3.8) is 0 Å². The van der Waals surface area contributed by atoms with E-state index in [1.807, 2.05) is 44.2 Å². The van der Waals surface area contributed by atoms with E-state index in [-0.39, 0.29) is 11.8 Å². The second-order valence-electron chi connectivity index (χ2n) is 8.17. The number of nitrogens with zero attached hydrogens (tertiary/aromatic N) is 1. The molecule has 0 unspecified atom stereocenters. The Bertz CT molecular complexity index is 843. The first kappa shape index (κ1) is 23.7. The minimum atomic E-state index is -0.470. The summed E-state index contributed by atoms with van der Waals surface area (Å²) >= 11 is 0. The molecule has 162 valence electrons. The third-order valence-electron chi connectivity index (χ3n) is 5.62. The largest absolute Gasteiger partial charge is 0.354 e. The standard InChI is InChI=1S/C26H36N2O2/c1-6-8-15-27-26(30)24(7-2)28(18-22-12-9-19(3)10-13-22)25(29)17-23-14-11-20(4)21(5)16-23/h9-14,16,24H,6-8,15,17-18H2,1-5H3,(H,27,30)/t24-/m0/s1. The van der Waals surface area contributed by atoms with Crippen molar-refractivity contribution in [1.82, 2.24) is 10.2 Å². The van der Waals surface area contributed by atoms with Gasteiger partial charge in [-0.2, -0.15) is 0 Å². The van der Waals surface area contributed by atoms with Gasteiger partial charge in [-0.15, -0.1) is 0 Å². The fourth-order valence-electron chi connectivity index (χ4n) is 3.51. The Kier molecular flexibility index (Phi) is 9.10. The molecule has 0 aliphatic heterocycles. The molecule has 0 fully saturated rings. The van der Waals surface area contributed by atoms with Crippen LogP contribution in [0.3, 0.4) is 0 Å². The van der Waals surface area contributed by atoms with Crippen molar-refractivity contribution in [2.24, 2.45) is 0 Å². The molecule has 2 aromatic rings. The number of hydrogen-bond acceptors (Lipinski definition) is 2. The Morgan fingerprint density at radius 2 is 1.60 bits per heavy atom. The lowest BCUT2D eigenvalue weighted by Crippen LogP contribution is -2.49. The highest BCUT2D eigenvalue weighted by Crippen LogP contribution is 2.17. The van der Waals surface area contributed by atoms with Crippen LogP contribution in [0.1, 0.15) is 60.9 Å². The fraction of sp³-hybridized carbons (Fsp3) is 0.462. The van der Waals surface area contributed by atoms with Crippen LogP contribution >= 0.6 is 0 Å². The van der Waals surface area contributed by atoms with Crippen molar-refractivity contribution in [3.8, 4) is 0 Å². The minimum Gasteiger partial charge on any atom is -0.354 e. The van der Waals surface area contributed by atoms with Gasteiger partial charge in [0.15, 0.2) is 0 Å². The Labute approximate surface area is 181 Å². The Morgan fingerprint density at radius 1 is 0.933 bits per heavy atom. The van der Waals surface area contributed by atoms with Crippen molar-refractivity contribution < 1.29 is 9.59 Å². The van der Waals surface area contributed by atoms with Crippen molar-refractivity contribution >= 4 is 11.8 Å². The highest BCUT2D eigenvalue weighted by atomic mass is 16.2. The van der Waals surface area contributed by atoms with Crippen LogP contribution in [0.25, 0.3) is 0 Å². The molecule has 0 saturated heterocycles. The van der Waals surface area contributed by atoms with Gasteiger partial charge < -0.3 is 10.2 Å². The summed E-state index contributed by atoms with van der Waals surface area (Å²) in [6.45, 7) is 11.3. The second kappa shape index (κ2) is 11.5. The van der Waals surface area contributed by atoms with E-state index in [2.05, 4.69) is 38.2 Å². The molecule has 0 aliphatic carbocycles. The van der Waals surface area contributed by atoms with Gasteiger partial charge in [-0.05, 0) is 55.9 Å². The highest BCUT2D eigenvalue weighted by molar-refractivity contribution is 5.88. The third kappa shape index (κ3) is 6.72. The molecule has 1 atom stereocenters. The van der Waals surface area contributed by atoms with E-state index in [0.717, 1.165) is 24.0 Å². The SMILES string of the molecule is CCCCNC(=O)[C@H](CC)N(Cc1ccc(C)cc1)C(=O)Cc1ccc(C)c(C)c1. The smallest absolute Gasteiger partial charge is 0.242 e. The number of nitrogens with one attached hydrogen (secondary N) is 1. The summed E-state index contributed by atoms with van der Waals surface area (Å²) in [7, 11) is 0. The molecule has 0 heterocycles. The zero-order valence-corrected chi connectivity index (χ0v) is 19.1. The van der Waals surface area contributed by atoms with E-state index in [1.54, 1.807) is 4.90 Å². The molecule has 30 heavy (non-hydrogen) atoms. The molecule has 0 bridgehead atoms. The molecule has 4 nitrogen and oxygen atoms in total. The number of hydrogen-bond donors (Lipinski definition) is 1. The summed E-state index contributed by atoms with van der Waals surface area (Å²) in [6, 6.07) is 13.8. The zero-order chi connectivity index (χ0) is 22.1. The summed E-state index contributed by atoms with van der Waals surface area (Å²) < 4.78 is 0. The number of amides is 2. The Morgan fingerprint density at radius 3 is 2.20 bits per heavy atom. The van der Waals surface area contributed by atoms with Crippen LogP contribution in [0.4, 0.5) is 0 Å². The van der Waals surface area contributed by atoms with Gasteiger partial charge in [0.05, 0.1) is 6.42 Å². The molecule has 4 heteroatoms. The van der Waals surface area contributed by atoms with Gasteiger partial charge >= 0.3 is 0 Å². The van der Waals surface area contributed by atoms with E-state index < -0.39 is 6.04 Å². The highest BCUT2D eigenvalue weighted by Gasteiger charge is 2.28. The van der Waals surface area contributed by atoms with Crippen LogP contribution in [0, 0.1) is 20.8 Å². The number of unbranched alkanes of at least 4 members (excludes halogenated alkanes) is 1. The summed E-state index contributed by atoms with van der Waals surface area (Å²) in [5.41, 5.74) is 5.59. The van der Waals surface area contributed by atoms with Crippen LogP contribution in [0.2, 0.25) is 0 Å². The molecule has 0 radical (unpaired) electrons. The lowest BCUT2D eigenvalue weighted by Gasteiger charge is -2.31. The fourth-order valence-corrected chi connectivity index (χ4v) is 3.51. The van der Waals surface area contributed by atoms with E-state index in [9.17, 15) is 9.59 Å². The summed E-state index contributed by atoms with van der Waals surface area (Å²) in [6.07, 6.45) is 2.85. The Balaban J connectivity index is 2.25. The topological polar surface area (TPSA) is 49.4 Å². The quantitative estimate of drug-likeness (QED) is 0.570. The lowest BCUT2D eigenvalue weighted by atomic mass is 10.0. The number of carbonyl (C=O) groups is 2. The monoisotopic (exact) mass is 408 g/mol. The van der Waals surface area contributed by atoms with Gasteiger partial charge in [0.1, 0.15) is 6.04 Å². The van der Waals surface area contributed by atoms with Crippen LogP contribution < -0.4 is 5.32 Å². The third-order valence-corrected chi connectivity index (χ3v) is 5.62. The van der Waals surface area contributed by atoms with Gasteiger partial charge in [-0.1, -0.05) is 68.3 Å². The molecular formula is C26H36N2O2. The summed E-state index contributed by atoms with van der Waals surface area (Å²) in [4.78, 5) is 28.0. The van der Waals surface area contributed by atoms with Crippen molar-refractivity contribution in [2.75, 3.05) is 6.54 Å². The van der Waals surface area contributed by atoms with Crippen molar-refractivity contribution in [1.29, 1.82) is 0 Å². The van der Waals surface area contributed by atoms with E-state index >= 15 is 0 Å². The van der Waals surface area contributed by atoms with Crippen molar-refractivity contribution in [2.45, 2.75) is 72.9 Å². The van der Waals surface area contributed by atoms with Gasteiger partial charge in [0.2, 0.25) is 11.8 Å². The maximum absolute atomic E-state index is 13.4. The van der Waals surface area contributed by atoms with Crippen LogP contribution in [-0.2, 0) is 22.6 Å². The average molecular weight is 409 g/mol. The van der Waals surface area contributed by atoms with Crippen LogP contribution in [0.5, 0.6) is 0 Å². The molecule has 0 aromatic heterocycles. The normalized spacial score (nSPS) is 11.8. The minimum absolute atomic E-state index is 0.0173. The number of carbonyl (C=O) groups excluding carboxylic acids is 2. The second-order valence-corrected chi connectivity index (χ2v) is 8.17. The first-order valence-corrected chi connectivity index (χ1v) is 11.0. The lowest BCUT2D eigenvalue weighted by molar-refractivity contribution is -0.140. The summed E-state index contributed by atoms with van der Waals surface area (Å²) in [5, 5.41) is 3.01. The number of benzene rings is 2. The van der Waals surface area contributed by atoms with Crippen LogP contribution in [0.15, 0.2) is 42.5 Å². The summed E-state index contributed by atoms with van der Waals surface area (Å²) in [5.74, 6) is -0.0807. The van der Waals surface area contributed by atoms with Gasteiger partial charge in [-0.3, -0.25) is 9.59 Å². The van der Waals surface area contributed by atoms with E-state index in [1.165, 1.54) is 16.7 Å². The molecule has 2 amide bonds. The number of aryl methyl sites for hydroxylation is 3. The molecule has 2 rings (SSSR count). The molecule has 1 N–H and O–H groups in total. The predicted octanol–water partition coefficient (Wildman–Crippen LogP) is 4.88. The molecule has 0 aliphatic rings. The van der Waals surface area contributed by atoms with Gasteiger partial charge in [-0.25, -0.2) is 0 Å². The van der Waals surface area contributed by atoms with Crippen molar-refractivity contribution in [3.05, 3.63) is 70.3 Å².